The molecule has 0 radical (unpaired) electrons. The smallest absolute Gasteiger partial charge is 0.329 e. The minimum Gasteiger partial charge on any atom is -0.508 e. The number of phenolic OH excluding ortho intramolecular Hbond substituents is 2. The van der Waals surface area contributed by atoms with Gasteiger partial charge in [0, 0.05) is 12.8 Å². The number of phenols is 2. The molecule has 0 aliphatic carbocycles. The second kappa shape index (κ2) is 10.0. The Balaban J connectivity index is 1.97. The maximum Gasteiger partial charge on any atom is 0.329 e. The Hall–Kier alpha value is -3.28. The van der Waals surface area contributed by atoms with Crippen molar-refractivity contribution >= 4 is 11.9 Å². The number of esters is 1. The van der Waals surface area contributed by atoms with E-state index in [1.165, 1.54) is 18.2 Å². The van der Waals surface area contributed by atoms with Gasteiger partial charge in [0.2, 0.25) is 5.91 Å². The van der Waals surface area contributed by atoms with Crippen molar-refractivity contribution in [3.63, 3.8) is 0 Å². The van der Waals surface area contributed by atoms with Crippen LogP contribution < -0.4 is 5.32 Å². The average molecular weight is 369 g/mol. The first kappa shape index (κ1) is 20.0. The molecule has 0 saturated carbocycles. The fourth-order valence-electron chi connectivity index (χ4n) is 2.49. The summed E-state index contributed by atoms with van der Waals surface area (Å²) in [6.45, 7) is 3.57. The molecule has 0 spiro atoms. The molecule has 6 heteroatoms. The topological polar surface area (TPSA) is 95.9 Å². The molecular formula is C21H23NO5. The van der Waals surface area contributed by atoms with Gasteiger partial charge in [-0.15, -0.1) is 0 Å². The number of aromatic hydroxyl groups is 2. The van der Waals surface area contributed by atoms with Gasteiger partial charge in [0.25, 0.3) is 0 Å². The van der Waals surface area contributed by atoms with E-state index in [0.29, 0.717) is 6.42 Å². The highest BCUT2D eigenvalue weighted by Gasteiger charge is 2.22. The fraction of sp³-hybridized carbons (Fsp3) is 0.238. The second-order valence-corrected chi connectivity index (χ2v) is 6.08. The van der Waals surface area contributed by atoms with Crippen LogP contribution in [0.15, 0.2) is 61.2 Å². The molecule has 6 nitrogen and oxygen atoms in total. The SMILES string of the molecule is C=CCOC(=O)C(Cc1ccc(O)cc1)NC(=O)CCc1ccc(O)cc1. The number of aryl methyl sites for hydroxylation is 1. The fourth-order valence-corrected chi connectivity index (χ4v) is 2.49. The molecule has 2 aromatic carbocycles. The number of amides is 1. The summed E-state index contributed by atoms with van der Waals surface area (Å²) in [5, 5.41) is 21.4. The highest BCUT2D eigenvalue weighted by atomic mass is 16.5. The van der Waals surface area contributed by atoms with E-state index in [4.69, 9.17) is 4.74 Å². The van der Waals surface area contributed by atoms with Crippen molar-refractivity contribution in [2.75, 3.05) is 6.61 Å². The standard InChI is InChI=1S/C21H23NO5/c1-2-13-27-21(26)19(14-16-5-10-18(24)11-6-16)22-20(25)12-7-15-3-8-17(23)9-4-15/h2-6,8-11,19,23-24H,1,7,12-14H2,(H,22,25). The molecule has 27 heavy (non-hydrogen) atoms. The van der Waals surface area contributed by atoms with Crippen LogP contribution in [-0.4, -0.2) is 34.7 Å². The molecule has 0 heterocycles. The highest BCUT2D eigenvalue weighted by molar-refractivity contribution is 5.84. The van der Waals surface area contributed by atoms with E-state index in [1.807, 2.05) is 0 Å². The minimum atomic E-state index is -0.832. The van der Waals surface area contributed by atoms with Crippen molar-refractivity contribution in [3.05, 3.63) is 72.3 Å². The number of benzene rings is 2. The molecule has 0 aliphatic heterocycles. The minimum absolute atomic E-state index is 0.0638. The van der Waals surface area contributed by atoms with Crippen molar-refractivity contribution in [1.82, 2.24) is 5.32 Å². The van der Waals surface area contributed by atoms with Crippen LogP contribution in [-0.2, 0) is 27.2 Å². The van der Waals surface area contributed by atoms with Crippen molar-refractivity contribution < 1.29 is 24.5 Å². The Labute approximate surface area is 158 Å². The van der Waals surface area contributed by atoms with Gasteiger partial charge >= 0.3 is 5.97 Å². The molecule has 142 valence electrons. The summed E-state index contributed by atoms with van der Waals surface area (Å²) in [7, 11) is 0. The number of ether oxygens (including phenoxy) is 1. The number of hydrogen-bond donors (Lipinski definition) is 3. The predicted molar refractivity (Wildman–Crippen MR) is 101 cm³/mol. The summed E-state index contributed by atoms with van der Waals surface area (Å²) in [4.78, 5) is 24.5. The van der Waals surface area contributed by atoms with Crippen molar-refractivity contribution in [3.8, 4) is 11.5 Å². The maximum atomic E-state index is 12.3. The molecule has 0 aromatic heterocycles. The van der Waals surface area contributed by atoms with E-state index in [-0.39, 0.29) is 36.9 Å². The zero-order valence-electron chi connectivity index (χ0n) is 14.9. The average Bonchev–Trinajstić information content (AvgIpc) is 2.66. The van der Waals surface area contributed by atoms with Crippen molar-refractivity contribution in [2.45, 2.75) is 25.3 Å². The third kappa shape index (κ3) is 6.86. The number of rotatable bonds is 9. The summed E-state index contributed by atoms with van der Waals surface area (Å²) >= 11 is 0. The van der Waals surface area contributed by atoms with Gasteiger partial charge in [-0.1, -0.05) is 36.9 Å². The lowest BCUT2D eigenvalue weighted by molar-refractivity contribution is -0.146. The van der Waals surface area contributed by atoms with Crippen LogP contribution >= 0.6 is 0 Å². The summed E-state index contributed by atoms with van der Waals surface area (Å²) in [5.41, 5.74) is 1.69. The van der Waals surface area contributed by atoms with Crippen LogP contribution in [0.5, 0.6) is 11.5 Å². The monoisotopic (exact) mass is 369 g/mol. The van der Waals surface area contributed by atoms with Crippen LogP contribution in [0.2, 0.25) is 0 Å². The Bertz CT molecular complexity index is 768. The van der Waals surface area contributed by atoms with Gasteiger partial charge in [-0.25, -0.2) is 4.79 Å². The molecule has 3 N–H and O–H groups in total. The zero-order valence-corrected chi connectivity index (χ0v) is 14.9. The second-order valence-electron chi connectivity index (χ2n) is 6.08. The highest BCUT2D eigenvalue weighted by Crippen LogP contribution is 2.13. The number of carbonyl (C=O) groups excluding carboxylic acids is 2. The van der Waals surface area contributed by atoms with Gasteiger partial charge < -0.3 is 20.3 Å². The first-order valence-corrected chi connectivity index (χ1v) is 8.60. The van der Waals surface area contributed by atoms with E-state index >= 15 is 0 Å². The third-order valence-electron chi connectivity index (χ3n) is 3.92. The molecule has 2 rings (SSSR count). The summed E-state index contributed by atoms with van der Waals surface area (Å²) < 4.78 is 5.08. The first-order chi connectivity index (χ1) is 13.0. The molecule has 0 saturated heterocycles. The Morgan fingerprint density at radius 2 is 1.56 bits per heavy atom. The molecule has 1 amide bonds. The van der Waals surface area contributed by atoms with Crippen molar-refractivity contribution in [2.24, 2.45) is 0 Å². The van der Waals surface area contributed by atoms with E-state index in [0.717, 1.165) is 11.1 Å². The van der Waals surface area contributed by atoms with Crippen LogP contribution in [0.4, 0.5) is 0 Å². The molecule has 0 bridgehead atoms. The number of nitrogens with one attached hydrogen (secondary N) is 1. The molecular weight excluding hydrogens is 346 g/mol. The van der Waals surface area contributed by atoms with E-state index in [2.05, 4.69) is 11.9 Å². The van der Waals surface area contributed by atoms with Gasteiger partial charge in [0.1, 0.15) is 24.1 Å². The molecule has 0 fully saturated rings. The van der Waals surface area contributed by atoms with Crippen LogP contribution in [0.25, 0.3) is 0 Å². The zero-order chi connectivity index (χ0) is 19.6. The summed E-state index contributed by atoms with van der Waals surface area (Å²) in [5.74, 6) is -0.520. The summed E-state index contributed by atoms with van der Waals surface area (Å²) in [6, 6.07) is 12.2. The van der Waals surface area contributed by atoms with E-state index < -0.39 is 12.0 Å². The van der Waals surface area contributed by atoms with Crippen LogP contribution in [0.1, 0.15) is 17.5 Å². The largest absolute Gasteiger partial charge is 0.508 e. The lowest BCUT2D eigenvalue weighted by Gasteiger charge is -2.17. The van der Waals surface area contributed by atoms with Gasteiger partial charge in [0.05, 0.1) is 0 Å². The lowest BCUT2D eigenvalue weighted by Crippen LogP contribution is -2.43. The Morgan fingerprint density at radius 1 is 1.00 bits per heavy atom. The van der Waals surface area contributed by atoms with Gasteiger partial charge in [-0.05, 0) is 41.8 Å². The Kier molecular flexibility index (Phi) is 7.43. The van der Waals surface area contributed by atoms with E-state index in [9.17, 15) is 19.8 Å². The molecule has 1 atom stereocenters. The lowest BCUT2D eigenvalue weighted by atomic mass is 10.0. The molecule has 1 unspecified atom stereocenters. The third-order valence-corrected chi connectivity index (χ3v) is 3.92. The quantitative estimate of drug-likeness (QED) is 0.466. The van der Waals surface area contributed by atoms with Gasteiger partial charge in [0.15, 0.2) is 0 Å². The van der Waals surface area contributed by atoms with E-state index in [1.54, 1.807) is 36.4 Å². The van der Waals surface area contributed by atoms with Gasteiger partial charge in [-0.2, -0.15) is 0 Å². The predicted octanol–water partition coefficient (Wildman–Crippen LogP) is 2.49. The Morgan fingerprint density at radius 3 is 2.11 bits per heavy atom. The molecule has 0 aliphatic rings. The maximum absolute atomic E-state index is 12.3. The normalized spacial score (nSPS) is 11.4. The number of carbonyl (C=O) groups is 2. The first-order valence-electron chi connectivity index (χ1n) is 8.60. The summed E-state index contributed by atoms with van der Waals surface area (Å²) in [6.07, 6.45) is 2.40. The van der Waals surface area contributed by atoms with Gasteiger partial charge in [-0.3, -0.25) is 4.79 Å². The molecule has 2 aromatic rings. The number of hydrogen-bond acceptors (Lipinski definition) is 5. The van der Waals surface area contributed by atoms with Crippen molar-refractivity contribution in [1.29, 1.82) is 0 Å². The van der Waals surface area contributed by atoms with Crippen LogP contribution in [0.3, 0.4) is 0 Å². The van der Waals surface area contributed by atoms with Crippen LogP contribution in [0, 0.1) is 0 Å².